The Hall–Kier alpha value is -1.60. The highest BCUT2D eigenvalue weighted by atomic mass is 32.2. The minimum Gasteiger partial charge on any atom is -0.383 e. The maximum atomic E-state index is 13.7. The standard InChI is InChI=1S/C20H32FN3O6S2/c1-4-32(28,29)23(12-13-30-2)16-20(25)24(15-17-6-5-7-18(21)14-17)19-8-10-22(11-9-19)31(3,26)27/h5-7,14,19H,4,8-13,15-16H2,1-3H3. The van der Waals surface area contributed by atoms with E-state index in [2.05, 4.69) is 0 Å². The molecule has 0 aromatic heterocycles. The number of benzene rings is 1. The van der Waals surface area contributed by atoms with E-state index in [1.165, 1.54) is 30.5 Å². The smallest absolute Gasteiger partial charge is 0.238 e. The topological polar surface area (TPSA) is 104 Å². The highest BCUT2D eigenvalue weighted by Crippen LogP contribution is 2.22. The predicted molar refractivity (Wildman–Crippen MR) is 119 cm³/mol. The highest BCUT2D eigenvalue weighted by molar-refractivity contribution is 7.89. The SMILES string of the molecule is CCS(=O)(=O)N(CCOC)CC(=O)N(Cc1cccc(F)c1)C1CCN(S(C)(=O)=O)CC1. The lowest BCUT2D eigenvalue weighted by molar-refractivity contribution is -0.135. The number of sulfonamides is 2. The molecule has 0 aliphatic carbocycles. The third kappa shape index (κ3) is 7.48. The summed E-state index contributed by atoms with van der Waals surface area (Å²) in [5.74, 6) is -1.00. The van der Waals surface area contributed by atoms with E-state index in [-0.39, 0.29) is 51.1 Å². The zero-order valence-electron chi connectivity index (χ0n) is 18.7. The van der Waals surface area contributed by atoms with Crippen molar-refractivity contribution in [3.8, 4) is 0 Å². The summed E-state index contributed by atoms with van der Waals surface area (Å²) in [5, 5.41) is 0. The molecular formula is C20H32FN3O6S2. The number of carbonyl (C=O) groups is 1. The minimum absolute atomic E-state index is 0.0404. The van der Waals surface area contributed by atoms with Gasteiger partial charge in [0.15, 0.2) is 0 Å². The first-order valence-corrected chi connectivity index (χ1v) is 13.9. The minimum atomic E-state index is -3.64. The van der Waals surface area contributed by atoms with Crippen LogP contribution >= 0.6 is 0 Å². The van der Waals surface area contributed by atoms with E-state index in [1.807, 2.05) is 0 Å². The van der Waals surface area contributed by atoms with Crippen LogP contribution in [-0.2, 0) is 36.1 Å². The molecule has 9 nitrogen and oxygen atoms in total. The number of rotatable bonds is 11. The zero-order chi connectivity index (χ0) is 23.9. The summed E-state index contributed by atoms with van der Waals surface area (Å²) < 4.78 is 69.8. The number of hydrogen-bond donors (Lipinski definition) is 0. The average molecular weight is 494 g/mol. The second-order valence-electron chi connectivity index (χ2n) is 7.77. The van der Waals surface area contributed by atoms with Crippen LogP contribution < -0.4 is 0 Å². The lowest BCUT2D eigenvalue weighted by atomic mass is 10.0. The molecule has 0 N–H and O–H groups in total. The summed E-state index contributed by atoms with van der Waals surface area (Å²) >= 11 is 0. The molecule has 0 atom stereocenters. The van der Waals surface area contributed by atoms with Crippen molar-refractivity contribution in [3.63, 3.8) is 0 Å². The molecule has 12 heteroatoms. The number of ether oxygens (including phenoxy) is 1. The van der Waals surface area contributed by atoms with Gasteiger partial charge in [-0.2, -0.15) is 4.31 Å². The van der Waals surface area contributed by atoms with Gasteiger partial charge in [0, 0.05) is 39.3 Å². The van der Waals surface area contributed by atoms with Crippen molar-refractivity contribution in [2.24, 2.45) is 0 Å². The lowest BCUT2D eigenvalue weighted by Crippen LogP contribution is -2.51. The van der Waals surface area contributed by atoms with Gasteiger partial charge in [-0.25, -0.2) is 25.5 Å². The van der Waals surface area contributed by atoms with Crippen LogP contribution in [0.15, 0.2) is 24.3 Å². The normalized spacial score (nSPS) is 16.4. The molecular weight excluding hydrogens is 461 g/mol. The number of piperidine rings is 1. The molecule has 182 valence electrons. The molecule has 1 aliphatic heterocycles. The number of halogens is 1. The Morgan fingerprint density at radius 1 is 1.22 bits per heavy atom. The van der Waals surface area contributed by atoms with Crippen molar-refractivity contribution in [2.75, 3.05) is 51.9 Å². The van der Waals surface area contributed by atoms with Crippen LogP contribution in [0.5, 0.6) is 0 Å². The van der Waals surface area contributed by atoms with Gasteiger partial charge in [0.05, 0.1) is 25.2 Å². The summed E-state index contributed by atoms with van der Waals surface area (Å²) in [5.41, 5.74) is 0.575. The van der Waals surface area contributed by atoms with Crippen LogP contribution in [-0.4, -0.2) is 94.2 Å². The van der Waals surface area contributed by atoms with Gasteiger partial charge in [-0.1, -0.05) is 12.1 Å². The summed E-state index contributed by atoms with van der Waals surface area (Å²) in [6.45, 7) is 1.95. The molecule has 2 rings (SSSR count). The van der Waals surface area contributed by atoms with Crippen molar-refractivity contribution in [3.05, 3.63) is 35.6 Å². The monoisotopic (exact) mass is 493 g/mol. The van der Waals surface area contributed by atoms with Gasteiger partial charge in [-0.05, 0) is 37.5 Å². The third-order valence-corrected chi connectivity index (χ3v) is 8.64. The summed E-state index contributed by atoms with van der Waals surface area (Å²) in [6.07, 6.45) is 1.96. The van der Waals surface area contributed by atoms with Crippen molar-refractivity contribution in [1.29, 1.82) is 0 Å². The van der Waals surface area contributed by atoms with Crippen LogP contribution in [0.2, 0.25) is 0 Å². The van der Waals surface area contributed by atoms with E-state index in [0.29, 0.717) is 18.4 Å². The summed E-state index contributed by atoms with van der Waals surface area (Å²) in [7, 11) is -5.53. The van der Waals surface area contributed by atoms with Gasteiger partial charge in [-0.15, -0.1) is 0 Å². The first-order chi connectivity index (χ1) is 15.0. The first kappa shape index (κ1) is 26.7. The largest absolute Gasteiger partial charge is 0.383 e. The molecule has 0 saturated carbocycles. The van der Waals surface area contributed by atoms with Gasteiger partial charge in [-0.3, -0.25) is 4.79 Å². The average Bonchev–Trinajstić information content (AvgIpc) is 2.74. The van der Waals surface area contributed by atoms with Crippen LogP contribution in [0.4, 0.5) is 4.39 Å². The Morgan fingerprint density at radius 2 is 1.88 bits per heavy atom. The molecule has 0 radical (unpaired) electrons. The maximum absolute atomic E-state index is 13.7. The fourth-order valence-corrected chi connectivity index (χ4v) is 5.57. The molecule has 1 aromatic rings. The van der Waals surface area contributed by atoms with Crippen molar-refractivity contribution >= 4 is 26.0 Å². The molecule has 1 saturated heterocycles. The highest BCUT2D eigenvalue weighted by Gasteiger charge is 2.33. The maximum Gasteiger partial charge on any atom is 0.238 e. The van der Waals surface area contributed by atoms with E-state index in [4.69, 9.17) is 4.74 Å². The predicted octanol–water partition coefficient (Wildman–Crippen LogP) is 0.876. The second kappa shape index (κ2) is 11.5. The Labute approximate surface area is 190 Å². The van der Waals surface area contributed by atoms with Crippen molar-refractivity contribution < 1.29 is 30.8 Å². The molecule has 0 spiro atoms. The van der Waals surface area contributed by atoms with Gasteiger partial charge in [0.2, 0.25) is 26.0 Å². The Balaban J connectivity index is 2.25. The molecule has 1 fully saturated rings. The fraction of sp³-hybridized carbons (Fsp3) is 0.650. The molecule has 1 amide bonds. The van der Waals surface area contributed by atoms with Gasteiger partial charge >= 0.3 is 0 Å². The Morgan fingerprint density at radius 3 is 2.41 bits per heavy atom. The van der Waals surface area contributed by atoms with E-state index in [9.17, 15) is 26.0 Å². The zero-order valence-corrected chi connectivity index (χ0v) is 20.4. The Kier molecular flexibility index (Phi) is 9.58. The Bertz CT molecular complexity index is 979. The molecule has 1 heterocycles. The van der Waals surface area contributed by atoms with Crippen LogP contribution in [0.1, 0.15) is 25.3 Å². The van der Waals surface area contributed by atoms with Gasteiger partial charge < -0.3 is 9.64 Å². The molecule has 0 bridgehead atoms. The van der Waals surface area contributed by atoms with Gasteiger partial charge in [0.25, 0.3) is 0 Å². The van der Waals surface area contributed by atoms with Crippen LogP contribution in [0, 0.1) is 5.82 Å². The number of nitrogens with zero attached hydrogens (tertiary/aromatic N) is 3. The van der Waals surface area contributed by atoms with Crippen molar-refractivity contribution in [2.45, 2.75) is 32.4 Å². The number of methoxy groups -OCH3 is 1. The lowest BCUT2D eigenvalue weighted by Gasteiger charge is -2.38. The van der Waals surface area contributed by atoms with Crippen LogP contribution in [0.3, 0.4) is 0 Å². The van der Waals surface area contributed by atoms with Crippen molar-refractivity contribution in [1.82, 2.24) is 13.5 Å². The van der Waals surface area contributed by atoms with Gasteiger partial charge in [0.1, 0.15) is 5.82 Å². The van der Waals surface area contributed by atoms with E-state index < -0.39 is 31.8 Å². The fourth-order valence-electron chi connectivity index (χ4n) is 3.67. The third-order valence-electron chi connectivity index (χ3n) is 5.51. The summed E-state index contributed by atoms with van der Waals surface area (Å²) in [6, 6.07) is 5.59. The molecule has 1 aromatic carbocycles. The molecule has 0 unspecified atom stereocenters. The second-order valence-corrected chi connectivity index (χ2v) is 12.0. The molecule has 32 heavy (non-hydrogen) atoms. The first-order valence-electron chi connectivity index (χ1n) is 10.4. The number of hydrogen-bond acceptors (Lipinski definition) is 6. The van der Waals surface area contributed by atoms with E-state index in [0.717, 1.165) is 10.6 Å². The van der Waals surface area contributed by atoms with Crippen LogP contribution in [0.25, 0.3) is 0 Å². The summed E-state index contributed by atoms with van der Waals surface area (Å²) in [4.78, 5) is 14.8. The quantitative estimate of drug-likeness (QED) is 0.453. The number of amides is 1. The van der Waals surface area contributed by atoms with E-state index >= 15 is 0 Å². The van der Waals surface area contributed by atoms with E-state index in [1.54, 1.807) is 17.0 Å². The number of carbonyl (C=O) groups excluding carboxylic acids is 1. The molecule has 1 aliphatic rings.